The average molecular weight is 206 g/mol. The quantitative estimate of drug-likeness (QED) is 0.504. The molecule has 0 rings (SSSR count). The molecule has 0 amide bonds. The molecule has 0 aliphatic heterocycles. The van der Waals surface area contributed by atoms with Crippen molar-refractivity contribution in [2.24, 2.45) is 0 Å². The van der Waals surface area contributed by atoms with Crippen LogP contribution < -0.4 is 0 Å². The largest absolute Gasteiger partial charge is 0.466 e. The molecule has 0 spiro atoms. The molecule has 0 aromatic heterocycles. The van der Waals surface area contributed by atoms with E-state index in [0.717, 1.165) is 19.3 Å². The van der Waals surface area contributed by atoms with Crippen molar-refractivity contribution in [3.8, 4) is 0 Å². The molecule has 0 aromatic rings. The van der Waals surface area contributed by atoms with Crippen LogP contribution >= 0.6 is 0 Å². The highest BCUT2D eigenvalue weighted by atomic mass is 16.5. The Balaban J connectivity index is 0. The van der Waals surface area contributed by atoms with Crippen LogP contribution in [0.3, 0.4) is 0 Å². The highest BCUT2D eigenvalue weighted by Gasteiger charge is 1.98. The van der Waals surface area contributed by atoms with Crippen LogP contribution in [0.15, 0.2) is 0 Å². The molecule has 0 unspecified atom stereocenters. The van der Waals surface area contributed by atoms with E-state index in [1.807, 2.05) is 6.92 Å². The Hall–Kier alpha value is -0.610. The Morgan fingerprint density at radius 1 is 1.14 bits per heavy atom. The molecule has 86 valence electrons. The number of hydrogen-bond donors (Lipinski definition) is 2. The number of unbranched alkanes of at least 4 members (excludes halogenated alkanes) is 2. The Bertz CT molecular complexity index is 113. The lowest BCUT2D eigenvalue weighted by molar-refractivity contribution is -0.143. The molecule has 4 heteroatoms. The molecule has 0 radical (unpaired) electrons. The van der Waals surface area contributed by atoms with Gasteiger partial charge in [0.1, 0.15) is 0 Å². The van der Waals surface area contributed by atoms with E-state index in [2.05, 4.69) is 6.92 Å². The molecular formula is C10H22O4. The maximum absolute atomic E-state index is 10.7. The van der Waals surface area contributed by atoms with Gasteiger partial charge in [-0.15, -0.1) is 0 Å². The summed E-state index contributed by atoms with van der Waals surface area (Å²) in [5.41, 5.74) is 0. The van der Waals surface area contributed by atoms with Gasteiger partial charge in [0.2, 0.25) is 0 Å². The second-order valence-corrected chi connectivity index (χ2v) is 2.71. The van der Waals surface area contributed by atoms with Crippen LogP contribution in [0.4, 0.5) is 0 Å². The predicted molar refractivity (Wildman–Crippen MR) is 54.9 cm³/mol. The molecule has 0 heterocycles. The lowest BCUT2D eigenvalue weighted by atomic mass is 10.2. The SMILES string of the molecule is CCCCCC(=O)OCC.OCCO. The Morgan fingerprint density at radius 3 is 2.07 bits per heavy atom. The molecule has 2 N–H and O–H groups in total. The molecule has 0 aliphatic rings. The fourth-order valence-electron chi connectivity index (χ4n) is 0.752. The smallest absolute Gasteiger partial charge is 0.305 e. The fraction of sp³-hybridized carbons (Fsp3) is 0.900. The zero-order valence-corrected chi connectivity index (χ0v) is 9.16. The van der Waals surface area contributed by atoms with Crippen LogP contribution in [0.25, 0.3) is 0 Å². The van der Waals surface area contributed by atoms with Gasteiger partial charge in [-0.3, -0.25) is 4.79 Å². The maximum Gasteiger partial charge on any atom is 0.305 e. The zero-order valence-electron chi connectivity index (χ0n) is 9.16. The summed E-state index contributed by atoms with van der Waals surface area (Å²) in [6.07, 6.45) is 3.83. The third kappa shape index (κ3) is 17.5. The molecule has 4 nitrogen and oxygen atoms in total. The molecule has 0 bridgehead atoms. The summed E-state index contributed by atoms with van der Waals surface area (Å²) in [4.78, 5) is 10.7. The molecule has 14 heavy (non-hydrogen) atoms. The van der Waals surface area contributed by atoms with Gasteiger partial charge in [-0.2, -0.15) is 0 Å². The van der Waals surface area contributed by atoms with E-state index in [4.69, 9.17) is 14.9 Å². The summed E-state index contributed by atoms with van der Waals surface area (Å²) in [6, 6.07) is 0. The Morgan fingerprint density at radius 2 is 1.71 bits per heavy atom. The van der Waals surface area contributed by atoms with Crippen molar-refractivity contribution in [3.63, 3.8) is 0 Å². The minimum atomic E-state index is -0.125. The molecule has 0 saturated carbocycles. The van der Waals surface area contributed by atoms with Crippen LogP contribution in [-0.2, 0) is 9.53 Å². The second kappa shape index (κ2) is 14.9. The minimum Gasteiger partial charge on any atom is -0.466 e. The molecule has 0 aliphatic carbocycles. The van der Waals surface area contributed by atoms with Gasteiger partial charge in [0.05, 0.1) is 19.8 Å². The lowest BCUT2D eigenvalue weighted by Crippen LogP contribution is -2.02. The molecular weight excluding hydrogens is 184 g/mol. The normalized spacial score (nSPS) is 8.86. The summed E-state index contributed by atoms with van der Waals surface area (Å²) < 4.78 is 4.75. The van der Waals surface area contributed by atoms with Crippen LogP contribution in [-0.4, -0.2) is 36.0 Å². The van der Waals surface area contributed by atoms with E-state index in [9.17, 15) is 4.79 Å². The molecule has 0 fully saturated rings. The van der Waals surface area contributed by atoms with Gasteiger partial charge in [-0.1, -0.05) is 19.8 Å². The lowest BCUT2D eigenvalue weighted by Gasteiger charge is -1.99. The van der Waals surface area contributed by atoms with Crippen molar-refractivity contribution in [2.45, 2.75) is 39.5 Å². The average Bonchev–Trinajstić information content (AvgIpc) is 2.19. The number of rotatable bonds is 6. The third-order valence-electron chi connectivity index (χ3n) is 1.39. The Kier molecular flexibility index (Phi) is 16.9. The molecule has 0 atom stereocenters. The van der Waals surface area contributed by atoms with Crippen molar-refractivity contribution < 1.29 is 19.7 Å². The van der Waals surface area contributed by atoms with Gasteiger partial charge in [-0.05, 0) is 13.3 Å². The summed E-state index contributed by atoms with van der Waals surface area (Å²) in [6.45, 7) is 4.20. The minimum absolute atomic E-state index is 0.0593. The standard InChI is InChI=1S/C8H16O2.C2H6O2/c1-3-5-6-7-8(9)10-4-2;3-1-2-4/h3-7H2,1-2H3;3-4H,1-2H2. The topological polar surface area (TPSA) is 66.8 Å². The van der Waals surface area contributed by atoms with Crippen molar-refractivity contribution in [1.82, 2.24) is 0 Å². The first kappa shape index (κ1) is 15.8. The van der Waals surface area contributed by atoms with Crippen molar-refractivity contribution >= 4 is 5.97 Å². The highest BCUT2D eigenvalue weighted by molar-refractivity contribution is 5.69. The number of aliphatic hydroxyl groups is 2. The second-order valence-electron chi connectivity index (χ2n) is 2.71. The number of aliphatic hydroxyl groups excluding tert-OH is 2. The van der Waals surface area contributed by atoms with E-state index in [-0.39, 0.29) is 19.2 Å². The van der Waals surface area contributed by atoms with Crippen LogP contribution in [0, 0.1) is 0 Å². The number of esters is 1. The molecule has 0 saturated heterocycles. The fourth-order valence-corrected chi connectivity index (χ4v) is 0.752. The highest BCUT2D eigenvalue weighted by Crippen LogP contribution is 1.99. The van der Waals surface area contributed by atoms with Crippen molar-refractivity contribution in [2.75, 3.05) is 19.8 Å². The van der Waals surface area contributed by atoms with Gasteiger partial charge >= 0.3 is 5.97 Å². The molecule has 0 aromatic carbocycles. The van der Waals surface area contributed by atoms with Gasteiger partial charge in [-0.25, -0.2) is 0 Å². The van der Waals surface area contributed by atoms with E-state index in [1.165, 1.54) is 0 Å². The van der Waals surface area contributed by atoms with Gasteiger partial charge in [0, 0.05) is 6.42 Å². The summed E-state index contributed by atoms with van der Waals surface area (Å²) in [5.74, 6) is -0.0593. The number of carbonyl (C=O) groups is 1. The number of ether oxygens (including phenoxy) is 1. The monoisotopic (exact) mass is 206 g/mol. The Labute approximate surface area is 85.9 Å². The van der Waals surface area contributed by atoms with E-state index in [1.54, 1.807) is 0 Å². The van der Waals surface area contributed by atoms with Crippen molar-refractivity contribution in [3.05, 3.63) is 0 Å². The summed E-state index contributed by atoms with van der Waals surface area (Å²) >= 11 is 0. The van der Waals surface area contributed by atoms with Crippen molar-refractivity contribution in [1.29, 1.82) is 0 Å². The predicted octanol–water partition coefficient (Wildman–Crippen LogP) is 1.10. The van der Waals surface area contributed by atoms with Gasteiger partial charge in [0.15, 0.2) is 0 Å². The van der Waals surface area contributed by atoms with Crippen LogP contribution in [0.1, 0.15) is 39.5 Å². The zero-order chi connectivity index (χ0) is 11.2. The van der Waals surface area contributed by atoms with Gasteiger partial charge < -0.3 is 14.9 Å². The number of carbonyl (C=O) groups excluding carboxylic acids is 1. The maximum atomic E-state index is 10.7. The summed E-state index contributed by atoms with van der Waals surface area (Å²) in [7, 11) is 0. The number of hydrogen-bond acceptors (Lipinski definition) is 4. The van der Waals surface area contributed by atoms with Crippen LogP contribution in [0.5, 0.6) is 0 Å². The first-order valence-corrected chi connectivity index (χ1v) is 5.10. The van der Waals surface area contributed by atoms with Crippen LogP contribution in [0.2, 0.25) is 0 Å². The van der Waals surface area contributed by atoms with Gasteiger partial charge in [0.25, 0.3) is 0 Å². The summed E-state index contributed by atoms with van der Waals surface area (Å²) in [5, 5.41) is 15.2. The van der Waals surface area contributed by atoms with E-state index >= 15 is 0 Å². The van der Waals surface area contributed by atoms with E-state index in [0.29, 0.717) is 13.0 Å². The first-order chi connectivity index (χ1) is 6.72. The third-order valence-corrected chi connectivity index (χ3v) is 1.39. The van der Waals surface area contributed by atoms with E-state index < -0.39 is 0 Å². The first-order valence-electron chi connectivity index (χ1n) is 5.10.